The molecule has 23 heavy (non-hydrogen) atoms. The molecule has 0 aliphatic rings. The summed E-state index contributed by atoms with van der Waals surface area (Å²) in [6, 6.07) is 13.7. The van der Waals surface area contributed by atoms with Crippen molar-refractivity contribution in [2.45, 2.75) is 12.6 Å². The van der Waals surface area contributed by atoms with Gasteiger partial charge in [-0.15, -0.1) is 0 Å². The maximum absolute atomic E-state index is 11.9. The summed E-state index contributed by atoms with van der Waals surface area (Å²) < 4.78 is 27.3. The summed E-state index contributed by atoms with van der Waals surface area (Å²) in [5, 5.41) is 10.9. The van der Waals surface area contributed by atoms with Crippen molar-refractivity contribution in [1.82, 2.24) is 9.29 Å². The summed E-state index contributed by atoms with van der Waals surface area (Å²) in [6.45, 7) is -0.159. The predicted octanol–water partition coefficient (Wildman–Crippen LogP) is 0.799. The van der Waals surface area contributed by atoms with Gasteiger partial charge in [0.1, 0.15) is 0 Å². The number of aromatic nitrogens is 1. The predicted molar refractivity (Wildman–Crippen MR) is 89.1 cm³/mol. The Balaban J connectivity index is 1.90. The first-order valence-corrected chi connectivity index (χ1v) is 8.57. The lowest BCUT2D eigenvalue weighted by Gasteiger charge is -2.12. The first kappa shape index (κ1) is 17.1. The molecule has 0 aliphatic heterocycles. The van der Waals surface area contributed by atoms with Crippen molar-refractivity contribution in [3.63, 3.8) is 0 Å². The Hall–Kier alpha value is -2.22. The largest absolute Gasteiger partial charge is 0.390 e. The SMILES string of the molecule is O=c1ccccn1CC(O)CNS(=O)(=O)/C=C/c1ccccc1. The molecule has 0 spiro atoms. The molecule has 1 aromatic heterocycles. The van der Waals surface area contributed by atoms with Crippen molar-refractivity contribution in [3.8, 4) is 0 Å². The Morgan fingerprint density at radius 3 is 2.52 bits per heavy atom. The molecule has 0 saturated heterocycles. The van der Waals surface area contributed by atoms with Crippen molar-refractivity contribution in [1.29, 1.82) is 0 Å². The molecule has 0 aliphatic carbocycles. The Morgan fingerprint density at radius 2 is 1.83 bits per heavy atom. The third-order valence-electron chi connectivity index (χ3n) is 3.07. The summed E-state index contributed by atoms with van der Waals surface area (Å²) in [6.07, 6.45) is 2.00. The molecule has 0 amide bonds. The van der Waals surface area contributed by atoms with E-state index in [9.17, 15) is 18.3 Å². The molecule has 0 bridgehead atoms. The van der Waals surface area contributed by atoms with Crippen LogP contribution < -0.4 is 10.3 Å². The van der Waals surface area contributed by atoms with Gasteiger partial charge in [-0.2, -0.15) is 0 Å². The van der Waals surface area contributed by atoms with Crippen LogP contribution in [-0.4, -0.2) is 30.7 Å². The number of nitrogens with zero attached hydrogens (tertiary/aromatic N) is 1. The lowest BCUT2D eigenvalue weighted by atomic mass is 10.2. The number of aliphatic hydroxyl groups excluding tert-OH is 1. The molecule has 6 nitrogen and oxygen atoms in total. The van der Waals surface area contributed by atoms with E-state index in [1.54, 1.807) is 36.4 Å². The van der Waals surface area contributed by atoms with E-state index >= 15 is 0 Å². The summed E-state index contributed by atoms with van der Waals surface area (Å²) in [5.41, 5.74) is 0.507. The average Bonchev–Trinajstić information content (AvgIpc) is 2.55. The Morgan fingerprint density at radius 1 is 1.13 bits per heavy atom. The standard InChI is InChI=1S/C16H18N2O4S/c19-15(13-18-10-5-4-8-16(18)20)12-17-23(21,22)11-9-14-6-2-1-3-7-14/h1-11,15,17,19H,12-13H2/b11-9+. The van der Waals surface area contributed by atoms with Crippen molar-refractivity contribution in [2.75, 3.05) is 6.54 Å². The quantitative estimate of drug-likeness (QED) is 0.784. The van der Waals surface area contributed by atoms with Crippen LogP contribution in [-0.2, 0) is 16.6 Å². The van der Waals surface area contributed by atoms with E-state index in [0.717, 1.165) is 11.0 Å². The molecular formula is C16H18N2O4S. The summed E-state index contributed by atoms with van der Waals surface area (Å²) in [7, 11) is -3.66. The molecule has 1 heterocycles. The van der Waals surface area contributed by atoms with E-state index in [4.69, 9.17) is 0 Å². The van der Waals surface area contributed by atoms with Crippen LogP contribution in [0.1, 0.15) is 5.56 Å². The summed E-state index contributed by atoms with van der Waals surface area (Å²) in [5.74, 6) is 0. The van der Waals surface area contributed by atoms with Crippen LogP contribution in [0.25, 0.3) is 6.08 Å². The fourth-order valence-corrected chi connectivity index (χ4v) is 2.75. The van der Waals surface area contributed by atoms with Gasteiger partial charge in [0.25, 0.3) is 5.56 Å². The molecule has 2 rings (SSSR count). The summed E-state index contributed by atoms with van der Waals surface area (Å²) >= 11 is 0. The van der Waals surface area contributed by atoms with Gasteiger partial charge in [-0.05, 0) is 17.7 Å². The molecule has 0 radical (unpaired) electrons. The van der Waals surface area contributed by atoms with Gasteiger partial charge in [0, 0.05) is 24.2 Å². The van der Waals surface area contributed by atoms with Gasteiger partial charge in [0.2, 0.25) is 10.0 Å². The lowest BCUT2D eigenvalue weighted by molar-refractivity contribution is 0.156. The van der Waals surface area contributed by atoms with Crippen LogP contribution in [0.3, 0.4) is 0 Å². The summed E-state index contributed by atoms with van der Waals surface area (Å²) in [4.78, 5) is 11.5. The highest BCUT2D eigenvalue weighted by molar-refractivity contribution is 7.92. The molecule has 0 saturated carbocycles. The molecule has 122 valence electrons. The van der Waals surface area contributed by atoms with Gasteiger partial charge in [0.05, 0.1) is 12.6 Å². The van der Waals surface area contributed by atoms with Crippen molar-refractivity contribution < 1.29 is 13.5 Å². The van der Waals surface area contributed by atoms with Crippen LogP contribution >= 0.6 is 0 Å². The first-order chi connectivity index (χ1) is 11.0. The zero-order valence-electron chi connectivity index (χ0n) is 12.4. The maximum atomic E-state index is 11.9. The number of aliphatic hydroxyl groups is 1. The molecular weight excluding hydrogens is 316 g/mol. The zero-order valence-corrected chi connectivity index (χ0v) is 13.2. The fraction of sp³-hybridized carbons (Fsp3) is 0.188. The minimum absolute atomic E-state index is 0.0184. The van der Waals surface area contributed by atoms with E-state index in [1.165, 1.54) is 22.9 Å². The van der Waals surface area contributed by atoms with Gasteiger partial charge in [-0.25, -0.2) is 13.1 Å². The van der Waals surface area contributed by atoms with Gasteiger partial charge in [-0.1, -0.05) is 36.4 Å². The van der Waals surface area contributed by atoms with Crippen LogP contribution in [0.15, 0.2) is 64.9 Å². The third-order valence-corrected chi connectivity index (χ3v) is 4.13. The number of hydrogen-bond acceptors (Lipinski definition) is 4. The van der Waals surface area contributed by atoms with Crippen molar-refractivity contribution in [2.24, 2.45) is 0 Å². The van der Waals surface area contributed by atoms with Gasteiger partial charge < -0.3 is 9.67 Å². The number of benzene rings is 1. The molecule has 0 fully saturated rings. The van der Waals surface area contributed by atoms with Crippen LogP contribution in [0.4, 0.5) is 0 Å². The Kier molecular flexibility index (Phi) is 5.86. The topological polar surface area (TPSA) is 88.4 Å². The molecule has 1 unspecified atom stereocenters. The highest BCUT2D eigenvalue weighted by Gasteiger charge is 2.11. The lowest BCUT2D eigenvalue weighted by Crippen LogP contribution is -2.35. The zero-order chi connectivity index (χ0) is 16.7. The van der Waals surface area contributed by atoms with Gasteiger partial charge >= 0.3 is 0 Å². The number of rotatable bonds is 7. The number of hydrogen-bond donors (Lipinski definition) is 2. The number of sulfonamides is 1. The van der Waals surface area contributed by atoms with Gasteiger partial charge in [0.15, 0.2) is 0 Å². The fourth-order valence-electron chi connectivity index (χ4n) is 1.90. The van der Waals surface area contributed by atoms with E-state index in [2.05, 4.69) is 4.72 Å². The van der Waals surface area contributed by atoms with Crippen LogP contribution in [0.5, 0.6) is 0 Å². The normalized spacial score (nSPS) is 13.3. The van der Waals surface area contributed by atoms with Crippen LogP contribution in [0, 0.1) is 0 Å². The second kappa shape index (κ2) is 7.87. The second-order valence-electron chi connectivity index (χ2n) is 4.95. The van der Waals surface area contributed by atoms with E-state index in [-0.39, 0.29) is 18.6 Å². The molecule has 2 aromatic rings. The minimum Gasteiger partial charge on any atom is -0.390 e. The molecule has 2 N–H and O–H groups in total. The van der Waals surface area contributed by atoms with Crippen molar-refractivity contribution >= 4 is 16.1 Å². The van der Waals surface area contributed by atoms with Crippen LogP contribution in [0.2, 0.25) is 0 Å². The third kappa shape index (κ3) is 5.82. The molecule has 1 aromatic carbocycles. The van der Waals surface area contributed by atoms with E-state index in [0.29, 0.717) is 0 Å². The average molecular weight is 334 g/mol. The molecule has 7 heteroatoms. The first-order valence-electron chi connectivity index (χ1n) is 7.02. The van der Waals surface area contributed by atoms with E-state index < -0.39 is 16.1 Å². The monoisotopic (exact) mass is 334 g/mol. The molecule has 1 atom stereocenters. The van der Waals surface area contributed by atoms with E-state index in [1.807, 2.05) is 6.07 Å². The highest BCUT2D eigenvalue weighted by Crippen LogP contribution is 2.02. The van der Waals surface area contributed by atoms with Gasteiger partial charge in [-0.3, -0.25) is 4.79 Å². The minimum atomic E-state index is -3.66. The van der Waals surface area contributed by atoms with Crippen molar-refractivity contribution in [3.05, 3.63) is 76.1 Å². The number of nitrogens with one attached hydrogen (secondary N) is 1. The Labute approximate surface area is 134 Å². The maximum Gasteiger partial charge on any atom is 0.250 e. The Bertz CT molecular complexity index is 813. The second-order valence-corrected chi connectivity index (χ2v) is 6.60. The highest BCUT2D eigenvalue weighted by atomic mass is 32.2. The smallest absolute Gasteiger partial charge is 0.250 e. The number of pyridine rings is 1.